The van der Waals surface area contributed by atoms with E-state index in [9.17, 15) is 19.7 Å². The summed E-state index contributed by atoms with van der Waals surface area (Å²) in [6, 6.07) is 7.56. The second-order valence-electron chi connectivity index (χ2n) is 7.24. The molecule has 0 aliphatic carbocycles. The molecule has 158 valence electrons. The van der Waals surface area contributed by atoms with Gasteiger partial charge in [-0.1, -0.05) is 0 Å². The Bertz CT molecular complexity index is 968. The highest BCUT2D eigenvalue weighted by molar-refractivity contribution is 6.00. The van der Waals surface area contributed by atoms with Gasteiger partial charge in [-0.15, -0.1) is 0 Å². The molecule has 1 saturated heterocycles. The Kier molecular flexibility index (Phi) is 6.79. The van der Waals surface area contributed by atoms with Crippen LogP contribution in [-0.4, -0.2) is 40.6 Å². The highest BCUT2D eigenvalue weighted by atomic mass is 16.6. The molecule has 1 aromatic carbocycles. The number of Topliss-reactive ketones (excluding diaryl/α,β-unsaturated/α-hetero) is 1. The lowest BCUT2D eigenvalue weighted by molar-refractivity contribution is -0.384. The van der Waals surface area contributed by atoms with Crippen molar-refractivity contribution in [2.45, 2.75) is 39.3 Å². The molecular weight excluding hydrogens is 388 g/mol. The summed E-state index contributed by atoms with van der Waals surface area (Å²) < 4.78 is 12.8. The second kappa shape index (κ2) is 9.49. The topological polar surface area (TPSA) is 101 Å². The quantitative estimate of drug-likeness (QED) is 0.216. The third kappa shape index (κ3) is 5.21. The van der Waals surface area contributed by atoms with Gasteiger partial charge in [-0.25, -0.2) is 4.79 Å². The average molecular weight is 412 g/mol. The van der Waals surface area contributed by atoms with Crippen molar-refractivity contribution in [3.63, 3.8) is 0 Å². The number of rotatable bonds is 8. The minimum Gasteiger partial charge on any atom is -0.454 e. The first kappa shape index (κ1) is 21.4. The first-order valence-corrected chi connectivity index (χ1v) is 9.76. The maximum absolute atomic E-state index is 12.5. The number of carbonyl (C=O) groups is 2. The van der Waals surface area contributed by atoms with E-state index in [-0.39, 0.29) is 24.2 Å². The number of hydrogen-bond acceptors (Lipinski definition) is 6. The van der Waals surface area contributed by atoms with Crippen LogP contribution in [0.5, 0.6) is 0 Å². The minimum absolute atomic E-state index is 0.0302. The monoisotopic (exact) mass is 412 g/mol. The summed E-state index contributed by atoms with van der Waals surface area (Å²) in [5.41, 5.74) is 2.93. The van der Waals surface area contributed by atoms with Crippen LogP contribution in [0.1, 0.15) is 40.2 Å². The first-order chi connectivity index (χ1) is 14.3. The molecule has 1 aromatic heterocycles. The smallest absolute Gasteiger partial charge is 0.331 e. The summed E-state index contributed by atoms with van der Waals surface area (Å²) in [7, 11) is 0. The molecule has 2 aromatic rings. The number of nitro benzene ring substituents is 1. The number of non-ortho nitro benzene ring substituents is 1. The van der Waals surface area contributed by atoms with Crippen LogP contribution in [-0.2, 0) is 20.8 Å². The predicted octanol–water partition coefficient (Wildman–Crippen LogP) is 3.63. The number of aryl methyl sites for hydroxylation is 1. The maximum atomic E-state index is 12.5. The number of nitro groups is 1. The van der Waals surface area contributed by atoms with Crippen molar-refractivity contribution in [1.29, 1.82) is 0 Å². The Morgan fingerprint density at radius 3 is 2.67 bits per heavy atom. The molecule has 1 atom stereocenters. The van der Waals surface area contributed by atoms with Crippen molar-refractivity contribution in [2.75, 3.05) is 13.2 Å². The van der Waals surface area contributed by atoms with Crippen molar-refractivity contribution in [1.82, 2.24) is 4.57 Å². The number of hydrogen-bond donors (Lipinski definition) is 0. The summed E-state index contributed by atoms with van der Waals surface area (Å²) in [5.74, 6) is -0.923. The van der Waals surface area contributed by atoms with E-state index in [2.05, 4.69) is 4.57 Å². The molecule has 3 rings (SSSR count). The predicted molar refractivity (Wildman–Crippen MR) is 110 cm³/mol. The van der Waals surface area contributed by atoms with Crippen LogP contribution in [0.4, 0.5) is 5.69 Å². The third-order valence-electron chi connectivity index (χ3n) is 5.15. The highest BCUT2D eigenvalue weighted by Gasteiger charge is 2.21. The van der Waals surface area contributed by atoms with E-state index in [1.165, 1.54) is 36.4 Å². The van der Waals surface area contributed by atoms with E-state index in [4.69, 9.17) is 9.47 Å². The molecule has 0 radical (unpaired) electrons. The van der Waals surface area contributed by atoms with Gasteiger partial charge in [0.1, 0.15) is 0 Å². The van der Waals surface area contributed by atoms with Crippen LogP contribution in [0.15, 0.2) is 36.4 Å². The lowest BCUT2D eigenvalue weighted by Crippen LogP contribution is -2.18. The second-order valence-corrected chi connectivity index (χ2v) is 7.24. The standard InChI is InChI=1S/C22H24N2O6/c1-15-12-20(16(2)23(15)13-19-4-3-11-29-19)21(25)14-30-22(26)10-7-17-5-8-18(9-6-17)24(27)28/h5-10,12,19H,3-4,11,13-14H2,1-2H3. The van der Waals surface area contributed by atoms with Crippen LogP contribution >= 0.6 is 0 Å². The van der Waals surface area contributed by atoms with Crippen LogP contribution < -0.4 is 0 Å². The van der Waals surface area contributed by atoms with E-state index in [0.717, 1.165) is 30.8 Å². The summed E-state index contributed by atoms with van der Waals surface area (Å²) in [4.78, 5) is 34.6. The summed E-state index contributed by atoms with van der Waals surface area (Å²) >= 11 is 0. The van der Waals surface area contributed by atoms with Gasteiger partial charge < -0.3 is 14.0 Å². The number of ketones is 1. The molecule has 1 fully saturated rings. The molecule has 30 heavy (non-hydrogen) atoms. The van der Waals surface area contributed by atoms with Gasteiger partial charge in [0.15, 0.2) is 6.61 Å². The highest BCUT2D eigenvalue weighted by Crippen LogP contribution is 2.21. The molecule has 0 spiro atoms. The Balaban J connectivity index is 1.55. The van der Waals surface area contributed by atoms with Gasteiger partial charge in [-0.3, -0.25) is 14.9 Å². The number of ether oxygens (including phenoxy) is 2. The van der Waals surface area contributed by atoms with Crippen molar-refractivity contribution in [2.24, 2.45) is 0 Å². The minimum atomic E-state index is -0.658. The van der Waals surface area contributed by atoms with Gasteiger partial charge in [0.2, 0.25) is 5.78 Å². The van der Waals surface area contributed by atoms with E-state index in [0.29, 0.717) is 17.7 Å². The van der Waals surface area contributed by atoms with Gasteiger partial charge in [-0.05, 0) is 56.5 Å². The number of carbonyl (C=O) groups excluding carboxylic acids is 2. The molecule has 1 aliphatic heterocycles. The molecule has 8 nitrogen and oxygen atoms in total. The fourth-order valence-electron chi connectivity index (χ4n) is 3.49. The molecule has 0 saturated carbocycles. The van der Waals surface area contributed by atoms with Crippen LogP contribution in [0.2, 0.25) is 0 Å². The average Bonchev–Trinajstić information content (AvgIpc) is 3.34. The van der Waals surface area contributed by atoms with Gasteiger partial charge in [0.25, 0.3) is 5.69 Å². The largest absolute Gasteiger partial charge is 0.454 e. The van der Waals surface area contributed by atoms with Gasteiger partial charge >= 0.3 is 5.97 Å². The Morgan fingerprint density at radius 2 is 2.03 bits per heavy atom. The van der Waals surface area contributed by atoms with E-state index in [1.807, 2.05) is 19.9 Å². The van der Waals surface area contributed by atoms with Gasteiger partial charge in [0.05, 0.1) is 11.0 Å². The van der Waals surface area contributed by atoms with Gasteiger partial charge in [0, 0.05) is 48.3 Å². The van der Waals surface area contributed by atoms with Crippen LogP contribution in [0, 0.1) is 24.0 Å². The number of benzene rings is 1. The first-order valence-electron chi connectivity index (χ1n) is 9.76. The lowest BCUT2D eigenvalue weighted by Gasteiger charge is -2.14. The van der Waals surface area contributed by atoms with Crippen molar-refractivity contribution in [3.8, 4) is 0 Å². The Morgan fingerprint density at radius 1 is 1.30 bits per heavy atom. The molecule has 2 heterocycles. The van der Waals surface area contributed by atoms with Crippen LogP contribution in [0.3, 0.4) is 0 Å². The van der Waals surface area contributed by atoms with Crippen molar-refractivity contribution < 1.29 is 24.0 Å². The molecule has 1 aliphatic rings. The van der Waals surface area contributed by atoms with E-state index in [1.54, 1.807) is 0 Å². The number of aromatic nitrogens is 1. The Labute approximate surface area is 174 Å². The molecule has 1 unspecified atom stereocenters. The van der Waals surface area contributed by atoms with Crippen molar-refractivity contribution >= 4 is 23.5 Å². The molecule has 8 heteroatoms. The molecule has 0 bridgehead atoms. The number of nitrogens with zero attached hydrogens (tertiary/aromatic N) is 2. The fourth-order valence-corrected chi connectivity index (χ4v) is 3.49. The Hall–Kier alpha value is -3.26. The van der Waals surface area contributed by atoms with Gasteiger partial charge in [-0.2, -0.15) is 0 Å². The summed E-state index contributed by atoms with van der Waals surface area (Å²) in [6.07, 6.45) is 4.90. The number of esters is 1. The molecule has 0 N–H and O–H groups in total. The summed E-state index contributed by atoms with van der Waals surface area (Å²) in [5, 5.41) is 10.7. The van der Waals surface area contributed by atoms with Crippen LogP contribution in [0.25, 0.3) is 6.08 Å². The molecule has 0 amide bonds. The maximum Gasteiger partial charge on any atom is 0.331 e. The lowest BCUT2D eigenvalue weighted by atomic mass is 10.1. The van der Waals surface area contributed by atoms with E-state index < -0.39 is 10.9 Å². The fraction of sp³-hybridized carbons (Fsp3) is 0.364. The molecular formula is C22H24N2O6. The third-order valence-corrected chi connectivity index (χ3v) is 5.15. The zero-order valence-electron chi connectivity index (χ0n) is 17.0. The zero-order chi connectivity index (χ0) is 21.7. The SMILES string of the molecule is Cc1cc(C(=O)COC(=O)C=Cc2ccc([N+](=O)[O-])cc2)c(C)n1CC1CCCO1. The summed E-state index contributed by atoms with van der Waals surface area (Å²) in [6.45, 7) is 4.96. The van der Waals surface area contributed by atoms with Crippen molar-refractivity contribution in [3.05, 3.63) is 69.0 Å². The van der Waals surface area contributed by atoms with E-state index >= 15 is 0 Å². The zero-order valence-corrected chi connectivity index (χ0v) is 17.0. The normalized spacial score (nSPS) is 16.1.